The minimum Gasteiger partial charge on any atom is -0.338 e. The van der Waals surface area contributed by atoms with E-state index in [0.717, 1.165) is 17.3 Å². The predicted molar refractivity (Wildman–Crippen MR) is 124 cm³/mol. The lowest BCUT2D eigenvalue weighted by Gasteiger charge is -2.34. The Morgan fingerprint density at radius 1 is 0.938 bits per heavy atom. The summed E-state index contributed by atoms with van der Waals surface area (Å²) in [5.41, 5.74) is 3.17. The van der Waals surface area contributed by atoms with Gasteiger partial charge in [0.1, 0.15) is 5.82 Å². The number of piperazine rings is 1. The van der Waals surface area contributed by atoms with Crippen LogP contribution in [0.15, 0.2) is 65.7 Å². The van der Waals surface area contributed by atoms with Crippen LogP contribution in [0.25, 0.3) is 11.3 Å². The van der Waals surface area contributed by atoms with E-state index in [1.165, 1.54) is 28.1 Å². The fourth-order valence-corrected chi connectivity index (χ4v) is 5.16. The molecule has 0 amide bonds. The molecule has 0 unspecified atom stereocenters. The van der Waals surface area contributed by atoms with Gasteiger partial charge in [0.15, 0.2) is 0 Å². The molecular weight excluding hydrogens is 427 g/mol. The predicted octanol–water partition coefficient (Wildman–Crippen LogP) is 4.09. The molecule has 32 heavy (non-hydrogen) atoms. The lowest BCUT2D eigenvalue weighted by molar-refractivity contribution is 0.382. The van der Waals surface area contributed by atoms with Gasteiger partial charge in [-0.25, -0.2) is 22.8 Å². The maximum Gasteiger partial charge on any atom is 0.243 e. The third-order valence-electron chi connectivity index (χ3n) is 5.64. The molecule has 0 aliphatic carbocycles. The fraction of sp³-hybridized carbons (Fsp3) is 0.333. The largest absolute Gasteiger partial charge is 0.338 e. The van der Waals surface area contributed by atoms with Crippen molar-refractivity contribution in [2.75, 3.05) is 31.1 Å². The first kappa shape index (κ1) is 22.4. The van der Waals surface area contributed by atoms with Crippen LogP contribution in [0, 0.1) is 5.82 Å². The van der Waals surface area contributed by atoms with E-state index in [4.69, 9.17) is 4.98 Å². The maximum absolute atomic E-state index is 13.5. The summed E-state index contributed by atoms with van der Waals surface area (Å²) in [4.78, 5) is 11.1. The zero-order chi connectivity index (χ0) is 22.9. The number of hydrogen-bond donors (Lipinski definition) is 0. The van der Waals surface area contributed by atoms with Gasteiger partial charge in [-0.15, -0.1) is 0 Å². The zero-order valence-electron chi connectivity index (χ0n) is 18.5. The molecule has 1 aromatic heterocycles. The average molecular weight is 455 g/mol. The normalized spacial score (nSPS) is 15.7. The van der Waals surface area contributed by atoms with Gasteiger partial charge in [-0.05, 0) is 35.2 Å². The summed E-state index contributed by atoms with van der Waals surface area (Å²) in [5, 5.41) is 0. The van der Waals surface area contributed by atoms with E-state index in [0.29, 0.717) is 19.0 Å². The second-order valence-electron chi connectivity index (χ2n) is 8.92. The van der Waals surface area contributed by atoms with Gasteiger partial charge >= 0.3 is 0 Å². The zero-order valence-corrected chi connectivity index (χ0v) is 19.3. The number of sulfonamides is 1. The van der Waals surface area contributed by atoms with E-state index in [1.54, 1.807) is 6.20 Å². The standard InChI is InChI=1S/C24H27FN4O2S/c1-24(2,3)19-9-7-18(8-10-19)22-11-12-26-23(27-22)28-13-15-29(16-14-28)32(30,31)21-6-4-5-20(25)17-21/h4-12,17H,13-16H2,1-3H3. The van der Waals surface area contributed by atoms with E-state index in [9.17, 15) is 12.8 Å². The summed E-state index contributed by atoms with van der Waals surface area (Å²) in [7, 11) is -3.73. The van der Waals surface area contributed by atoms with Gasteiger partial charge in [0.2, 0.25) is 16.0 Å². The van der Waals surface area contributed by atoms with Gasteiger partial charge in [-0.3, -0.25) is 0 Å². The highest BCUT2D eigenvalue weighted by Gasteiger charge is 2.29. The Kier molecular flexibility index (Phi) is 6.01. The van der Waals surface area contributed by atoms with Gasteiger partial charge in [-0.2, -0.15) is 4.31 Å². The number of aromatic nitrogens is 2. The van der Waals surface area contributed by atoms with Crippen LogP contribution in [-0.4, -0.2) is 48.9 Å². The first-order valence-corrected chi connectivity index (χ1v) is 12.0. The summed E-state index contributed by atoms with van der Waals surface area (Å²) < 4.78 is 40.5. The van der Waals surface area contributed by atoms with Crippen molar-refractivity contribution in [3.63, 3.8) is 0 Å². The summed E-state index contributed by atoms with van der Waals surface area (Å²) in [6.07, 6.45) is 1.73. The van der Waals surface area contributed by atoms with Crippen LogP contribution < -0.4 is 4.90 Å². The van der Waals surface area contributed by atoms with E-state index < -0.39 is 15.8 Å². The highest BCUT2D eigenvalue weighted by molar-refractivity contribution is 7.89. The number of halogens is 1. The summed E-state index contributed by atoms with van der Waals surface area (Å²) >= 11 is 0. The maximum atomic E-state index is 13.5. The SMILES string of the molecule is CC(C)(C)c1ccc(-c2ccnc(N3CCN(S(=O)(=O)c4cccc(F)c4)CC3)n2)cc1. The van der Waals surface area contributed by atoms with Crippen LogP contribution in [0.1, 0.15) is 26.3 Å². The first-order chi connectivity index (χ1) is 15.1. The molecule has 0 spiro atoms. The van der Waals surface area contributed by atoms with Gasteiger partial charge in [0, 0.05) is 37.9 Å². The van der Waals surface area contributed by atoms with Crippen molar-refractivity contribution in [1.29, 1.82) is 0 Å². The molecule has 4 rings (SSSR count). The Morgan fingerprint density at radius 2 is 1.62 bits per heavy atom. The lowest BCUT2D eigenvalue weighted by Crippen LogP contribution is -2.49. The van der Waals surface area contributed by atoms with Crippen LogP contribution in [0.3, 0.4) is 0 Å². The smallest absolute Gasteiger partial charge is 0.243 e. The summed E-state index contributed by atoms with van der Waals surface area (Å²) in [6, 6.07) is 15.4. The molecule has 0 radical (unpaired) electrons. The molecule has 2 heterocycles. The Labute approximate surface area is 188 Å². The first-order valence-electron chi connectivity index (χ1n) is 10.6. The van der Waals surface area contributed by atoms with Crippen molar-refractivity contribution in [2.45, 2.75) is 31.1 Å². The van der Waals surface area contributed by atoms with Gasteiger partial charge in [0.05, 0.1) is 10.6 Å². The molecule has 1 aliphatic rings. The molecule has 0 bridgehead atoms. The van der Waals surface area contributed by atoms with Crippen molar-refractivity contribution in [3.8, 4) is 11.3 Å². The molecule has 2 aromatic carbocycles. The third-order valence-corrected chi connectivity index (χ3v) is 7.54. The number of benzene rings is 2. The molecule has 3 aromatic rings. The molecule has 1 saturated heterocycles. The lowest BCUT2D eigenvalue weighted by atomic mass is 9.86. The van der Waals surface area contributed by atoms with Crippen LogP contribution in [0.4, 0.5) is 10.3 Å². The molecule has 6 nitrogen and oxygen atoms in total. The number of anilines is 1. The summed E-state index contributed by atoms with van der Waals surface area (Å²) in [6.45, 7) is 8.03. The molecular formula is C24H27FN4O2S. The minimum atomic E-state index is -3.73. The second kappa shape index (κ2) is 8.60. The number of nitrogens with zero attached hydrogens (tertiary/aromatic N) is 4. The minimum absolute atomic E-state index is 0.0251. The molecule has 0 N–H and O–H groups in total. The Balaban J connectivity index is 1.48. The summed E-state index contributed by atoms with van der Waals surface area (Å²) in [5.74, 6) is 0.00987. The monoisotopic (exact) mass is 454 g/mol. The highest BCUT2D eigenvalue weighted by atomic mass is 32.2. The molecule has 0 saturated carbocycles. The number of hydrogen-bond acceptors (Lipinski definition) is 5. The molecule has 8 heteroatoms. The van der Waals surface area contributed by atoms with Gasteiger partial charge < -0.3 is 4.90 Å². The van der Waals surface area contributed by atoms with E-state index in [-0.39, 0.29) is 23.4 Å². The van der Waals surface area contributed by atoms with Crippen molar-refractivity contribution in [1.82, 2.24) is 14.3 Å². The van der Waals surface area contributed by atoms with Crippen LogP contribution in [0.5, 0.6) is 0 Å². The third kappa shape index (κ3) is 4.66. The van der Waals surface area contributed by atoms with Crippen molar-refractivity contribution in [2.24, 2.45) is 0 Å². The quantitative estimate of drug-likeness (QED) is 0.594. The van der Waals surface area contributed by atoms with Crippen LogP contribution in [0.2, 0.25) is 0 Å². The molecule has 1 aliphatic heterocycles. The van der Waals surface area contributed by atoms with Crippen molar-refractivity contribution < 1.29 is 12.8 Å². The Morgan fingerprint density at radius 3 is 2.25 bits per heavy atom. The topological polar surface area (TPSA) is 66.4 Å². The van der Waals surface area contributed by atoms with Crippen molar-refractivity contribution >= 4 is 16.0 Å². The van der Waals surface area contributed by atoms with Gasteiger partial charge in [0.25, 0.3) is 0 Å². The van der Waals surface area contributed by atoms with E-state index >= 15 is 0 Å². The number of rotatable bonds is 4. The molecule has 1 fully saturated rings. The van der Waals surface area contributed by atoms with E-state index in [1.807, 2.05) is 11.0 Å². The second-order valence-corrected chi connectivity index (χ2v) is 10.9. The van der Waals surface area contributed by atoms with Gasteiger partial charge in [-0.1, -0.05) is 51.1 Å². The fourth-order valence-electron chi connectivity index (χ4n) is 3.71. The van der Waals surface area contributed by atoms with Crippen LogP contribution in [-0.2, 0) is 15.4 Å². The Bertz CT molecular complexity index is 1200. The highest BCUT2D eigenvalue weighted by Crippen LogP contribution is 2.26. The molecule has 168 valence electrons. The average Bonchev–Trinajstić information content (AvgIpc) is 2.79. The molecule has 0 atom stereocenters. The van der Waals surface area contributed by atoms with E-state index in [2.05, 4.69) is 50.0 Å². The van der Waals surface area contributed by atoms with Crippen molar-refractivity contribution in [3.05, 3.63) is 72.2 Å². The van der Waals surface area contributed by atoms with Crippen LogP contribution >= 0.6 is 0 Å². The Hall–Kier alpha value is -2.84.